The molecule has 0 bridgehead atoms. The molecule has 1 aliphatic heterocycles. The van der Waals surface area contributed by atoms with E-state index in [0.717, 1.165) is 25.1 Å². The third-order valence-corrected chi connectivity index (χ3v) is 6.16. The molecular weight excluding hydrogens is 326 g/mol. The average Bonchev–Trinajstić information content (AvgIpc) is 3.23. The summed E-state index contributed by atoms with van der Waals surface area (Å²) in [7, 11) is -3.17. The summed E-state index contributed by atoms with van der Waals surface area (Å²) in [6, 6.07) is 7.17. The van der Waals surface area contributed by atoms with Crippen molar-refractivity contribution in [2.24, 2.45) is 0 Å². The van der Waals surface area contributed by atoms with E-state index in [-0.39, 0.29) is 17.7 Å². The van der Waals surface area contributed by atoms with Gasteiger partial charge in [-0.15, -0.1) is 0 Å². The van der Waals surface area contributed by atoms with Gasteiger partial charge in [0.25, 0.3) is 0 Å². The number of hydrogen-bond acceptors (Lipinski definition) is 6. The molecule has 2 heterocycles. The zero-order chi connectivity index (χ0) is 17.3. The van der Waals surface area contributed by atoms with E-state index < -0.39 is 9.84 Å². The van der Waals surface area contributed by atoms with Gasteiger partial charge < -0.3 is 9.42 Å². The minimum absolute atomic E-state index is 0.0786. The van der Waals surface area contributed by atoms with Gasteiger partial charge in [-0.3, -0.25) is 0 Å². The maximum absolute atomic E-state index is 11.9. The summed E-state index contributed by atoms with van der Waals surface area (Å²) in [5.41, 5.74) is 0.989. The Labute approximate surface area is 142 Å². The van der Waals surface area contributed by atoms with Crippen molar-refractivity contribution in [2.45, 2.75) is 50.5 Å². The van der Waals surface area contributed by atoms with E-state index in [2.05, 4.69) is 15.0 Å². The fourth-order valence-electron chi connectivity index (χ4n) is 2.97. The second-order valence-electron chi connectivity index (χ2n) is 6.39. The van der Waals surface area contributed by atoms with Gasteiger partial charge in [-0.25, -0.2) is 8.42 Å². The molecule has 3 rings (SSSR count). The highest BCUT2D eigenvalue weighted by molar-refractivity contribution is 7.91. The van der Waals surface area contributed by atoms with Crippen LogP contribution in [0.1, 0.15) is 57.3 Å². The van der Waals surface area contributed by atoms with Crippen molar-refractivity contribution >= 4 is 15.5 Å². The number of benzene rings is 1. The van der Waals surface area contributed by atoms with E-state index >= 15 is 0 Å². The monoisotopic (exact) mass is 349 g/mol. The normalized spacial score (nSPS) is 18.5. The Hall–Kier alpha value is -1.89. The minimum atomic E-state index is -3.17. The molecule has 6 nitrogen and oxygen atoms in total. The second-order valence-corrected chi connectivity index (χ2v) is 8.67. The van der Waals surface area contributed by atoms with Gasteiger partial charge in [0.1, 0.15) is 0 Å². The van der Waals surface area contributed by atoms with Crippen LogP contribution in [-0.2, 0) is 9.84 Å². The van der Waals surface area contributed by atoms with Gasteiger partial charge in [0.05, 0.1) is 16.7 Å². The molecule has 0 spiro atoms. The van der Waals surface area contributed by atoms with Crippen molar-refractivity contribution in [1.29, 1.82) is 0 Å². The zero-order valence-electron chi connectivity index (χ0n) is 14.3. The number of nitrogens with zero attached hydrogens (tertiary/aromatic N) is 3. The molecule has 0 aliphatic carbocycles. The molecule has 1 aliphatic rings. The van der Waals surface area contributed by atoms with Gasteiger partial charge in [-0.2, -0.15) is 4.98 Å². The third kappa shape index (κ3) is 3.17. The summed E-state index contributed by atoms with van der Waals surface area (Å²) in [6.45, 7) is 6.60. The molecule has 130 valence electrons. The van der Waals surface area contributed by atoms with Gasteiger partial charge in [0.15, 0.2) is 15.7 Å². The van der Waals surface area contributed by atoms with Crippen molar-refractivity contribution < 1.29 is 12.9 Å². The Morgan fingerprint density at radius 2 is 2.00 bits per heavy atom. The summed E-state index contributed by atoms with van der Waals surface area (Å²) in [5.74, 6) is 1.68. The summed E-state index contributed by atoms with van der Waals surface area (Å²) in [6.07, 6.45) is 2.01. The molecule has 1 unspecified atom stereocenters. The van der Waals surface area contributed by atoms with Crippen molar-refractivity contribution in [2.75, 3.05) is 17.2 Å². The van der Waals surface area contributed by atoms with E-state index in [4.69, 9.17) is 4.52 Å². The van der Waals surface area contributed by atoms with Gasteiger partial charge in [-0.1, -0.05) is 25.9 Å². The summed E-state index contributed by atoms with van der Waals surface area (Å²) in [4.78, 5) is 7.11. The van der Waals surface area contributed by atoms with E-state index in [9.17, 15) is 8.42 Å². The predicted octanol–water partition coefficient (Wildman–Crippen LogP) is 3.33. The predicted molar refractivity (Wildman–Crippen MR) is 91.9 cm³/mol. The van der Waals surface area contributed by atoms with Gasteiger partial charge in [0.2, 0.25) is 5.89 Å². The second kappa shape index (κ2) is 6.55. The first-order chi connectivity index (χ1) is 11.4. The lowest BCUT2D eigenvalue weighted by Gasteiger charge is -2.24. The van der Waals surface area contributed by atoms with Crippen LogP contribution in [0.4, 0.5) is 5.69 Å². The maximum atomic E-state index is 11.9. The van der Waals surface area contributed by atoms with Crippen LogP contribution in [0.2, 0.25) is 0 Å². The van der Waals surface area contributed by atoms with E-state index in [1.807, 2.05) is 26.0 Å². The lowest BCUT2D eigenvalue weighted by atomic mass is 10.2. The fourth-order valence-corrected chi connectivity index (χ4v) is 3.86. The minimum Gasteiger partial charge on any atom is -0.361 e. The maximum Gasteiger partial charge on any atom is 0.229 e. The zero-order valence-corrected chi connectivity index (χ0v) is 15.1. The Kier molecular flexibility index (Phi) is 4.62. The van der Waals surface area contributed by atoms with Gasteiger partial charge in [0, 0.05) is 18.2 Å². The van der Waals surface area contributed by atoms with Gasteiger partial charge >= 0.3 is 0 Å². The standard InChI is InChI=1S/C17H23N3O3S/c1-4-24(21,22)14-9-7-13(8-10-14)20-11-5-6-15(20)16-18-17(12(2)3)23-19-16/h7-10,12,15H,4-6,11H2,1-3H3. The quantitative estimate of drug-likeness (QED) is 0.824. The Morgan fingerprint density at radius 1 is 1.29 bits per heavy atom. The van der Waals surface area contributed by atoms with Crippen LogP contribution < -0.4 is 4.90 Å². The molecule has 1 fully saturated rings. The SMILES string of the molecule is CCS(=O)(=O)c1ccc(N2CCCC2c2noc(C(C)C)n2)cc1. The molecule has 0 saturated carbocycles. The number of rotatable bonds is 5. The lowest BCUT2D eigenvalue weighted by molar-refractivity contribution is 0.358. The van der Waals surface area contributed by atoms with Crippen molar-refractivity contribution in [3.63, 3.8) is 0 Å². The fraction of sp³-hybridized carbons (Fsp3) is 0.529. The smallest absolute Gasteiger partial charge is 0.229 e. The molecule has 0 N–H and O–H groups in total. The molecule has 1 aromatic heterocycles. The third-order valence-electron chi connectivity index (χ3n) is 4.41. The first-order valence-corrected chi connectivity index (χ1v) is 10.0. The summed E-state index contributed by atoms with van der Waals surface area (Å²) in [5, 5.41) is 4.14. The highest BCUT2D eigenvalue weighted by atomic mass is 32.2. The van der Waals surface area contributed by atoms with Crippen LogP contribution in [0.3, 0.4) is 0 Å². The largest absolute Gasteiger partial charge is 0.361 e. The van der Waals surface area contributed by atoms with Crippen molar-refractivity contribution in [3.8, 4) is 0 Å². The number of sulfone groups is 1. The molecule has 1 aromatic carbocycles. The van der Waals surface area contributed by atoms with E-state index in [1.165, 1.54) is 0 Å². The van der Waals surface area contributed by atoms with Crippen LogP contribution in [-0.4, -0.2) is 30.9 Å². The Bertz CT molecular complexity index is 797. The first-order valence-electron chi connectivity index (χ1n) is 8.35. The number of hydrogen-bond donors (Lipinski definition) is 0. The van der Waals surface area contributed by atoms with Crippen molar-refractivity contribution in [1.82, 2.24) is 10.1 Å². The molecule has 2 aromatic rings. The van der Waals surface area contributed by atoms with Crippen LogP contribution >= 0.6 is 0 Å². The first kappa shape index (κ1) is 17.0. The molecule has 0 amide bonds. The van der Waals surface area contributed by atoms with Crippen molar-refractivity contribution in [3.05, 3.63) is 36.0 Å². The lowest BCUT2D eigenvalue weighted by Crippen LogP contribution is -2.23. The summed E-state index contributed by atoms with van der Waals surface area (Å²) >= 11 is 0. The Morgan fingerprint density at radius 3 is 2.58 bits per heavy atom. The van der Waals surface area contributed by atoms with Crippen LogP contribution in [0.5, 0.6) is 0 Å². The van der Waals surface area contributed by atoms with Gasteiger partial charge in [-0.05, 0) is 37.1 Å². The molecule has 1 saturated heterocycles. The molecular formula is C17H23N3O3S. The Balaban J connectivity index is 1.85. The average molecular weight is 349 g/mol. The summed E-state index contributed by atoms with van der Waals surface area (Å²) < 4.78 is 29.2. The number of aromatic nitrogens is 2. The van der Waals surface area contributed by atoms with Crippen LogP contribution in [0.25, 0.3) is 0 Å². The molecule has 0 radical (unpaired) electrons. The highest BCUT2D eigenvalue weighted by Gasteiger charge is 2.30. The van der Waals surface area contributed by atoms with Crippen LogP contribution in [0, 0.1) is 0 Å². The molecule has 24 heavy (non-hydrogen) atoms. The van der Waals surface area contributed by atoms with E-state index in [0.29, 0.717) is 16.6 Å². The topological polar surface area (TPSA) is 76.3 Å². The highest BCUT2D eigenvalue weighted by Crippen LogP contribution is 2.35. The number of anilines is 1. The van der Waals surface area contributed by atoms with E-state index in [1.54, 1.807) is 19.1 Å². The molecule has 1 atom stereocenters. The molecule has 7 heteroatoms. The van der Waals surface area contributed by atoms with Crippen LogP contribution in [0.15, 0.2) is 33.7 Å².